The van der Waals surface area contributed by atoms with Gasteiger partial charge in [-0.3, -0.25) is 4.79 Å². The molecule has 0 heterocycles. The number of hydrogen-bond acceptors (Lipinski definition) is 3. The van der Waals surface area contributed by atoms with E-state index in [1.165, 1.54) is 6.07 Å². The maximum Gasteiger partial charge on any atom is 0.308 e. The predicted molar refractivity (Wildman–Crippen MR) is 77.1 cm³/mol. The Balaban J connectivity index is 2.01. The Morgan fingerprint density at radius 1 is 1.45 bits per heavy atom. The topological polar surface area (TPSA) is 38.3 Å². The molecule has 20 heavy (non-hydrogen) atoms. The number of anilines is 1. The van der Waals surface area contributed by atoms with E-state index < -0.39 is 0 Å². The van der Waals surface area contributed by atoms with Crippen LogP contribution in [0.3, 0.4) is 0 Å². The number of para-hydroxylation sites is 1. The van der Waals surface area contributed by atoms with Crippen molar-refractivity contribution in [1.29, 1.82) is 0 Å². The zero-order chi connectivity index (χ0) is 14.5. The number of carbonyl (C=O) groups is 1. The molecule has 1 aliphatic carbocycles. The van der Waals surface area contributed by atoms with Gasteiger partial charge in [0.1, 0.15) is 5.82 Å². The number of carbonyl (C=O) groups excluding carboxylic acids is 1. The van der Waals surface area contributed by atoms with Crippen LogP contribution < -0.4 is 5.32 Å². The number of benzene rings is 1. The fraction of sp³-hybridized carbons (Fsp3) is 0.562. The highest BCUT2D eigenvalue weighted by atomic mass is 19.1. The highest BCUT2D eigenvalue weighted by Gasteiger charge is 2.28. The average molecular weight is 279 g/mol. The molecule has 0 aromatic heterocycles. The third-order valence-corrected chi connectivity index (χ3v) is 3.86. The largest absolute Gasteiger partial charge is 0.466 e. The van der Waals surface area contributed by atoms with Crippen molar-refractivity contribution in [3.63, 3.8) is 0 Å². The second kappa shape index (κ2) is 6.73. The van der Waals surface area contributed by atoms with Gasteiger partial charge >= 0.3 is 5.97 Å². The number of nitrogens with one attached hydrogen (secondary N) is 1. The summed E-state index contributed by atoms with van der Waals surface area (Å²) in [6.07, 6.45) is 3.51. The lowest BCUT2D eigenvalue weighted by Gasteiger charge is -2.29. The van der Waals surface area contributed by atoms with Crippen LogP contribution in [-0.4, -0.2) is 18.6 Å². The molecule has 0 aliphatic heterocycles. The average Bonchev–Trinajstić information content (AvgIpc) is 2.44. The monoisotopic (exact) mass is 279 g/mol. The maximum atomic E-state index is 13.8. The summed E-state index contributed by atoms with van der Waals surface area (Å²) in [4.78, 5) is 11.8. The fourth-order valence-electron chi connectivity index (χ4n) is 2.81. The quantitative estimate of drug-likeness (QED) is 0.855. The summed E-state index contributed by atoms with van der Waals surface area (Å²) in [5.41, 5.74) is 1.45. The molecule has 0 saturated heterocycles. The van der Waals surface area contributed by atoms with Crippen LogP contribution in [0, 0.1) is 18.7 Å². The summed E-state index contributed by atoms with van der Waals surface area (Å²) >= 11 is 0. The van der Waals surface area contributed by atoms with E-state index in [0.717, 1.165) is 24.8 Å². The summed E-state index contributed by atoms with van der Waals surface area (Å²) < 4.78 is 18.9. The molecule has 0 amide bonds. The van der Waals surface area contributed by atoms with Crippen molar-refractivity contribution in [3.8, 4) is 0 Å². The molecule has 1 N–H and O–H groups in total. The Morgan fingerprint density at radius 2 is 2.25 bits per heavy atom. The third kappa shape index (κ3) is 3.50. The Morgan fingerprint density at radius 3 is 2.95 bits per heavy atom. The summed E-state index contributed by atoms with van der Waals surface area (Å²) in [6, 6.07) is 5.18. The number of esters is 1. The summed E-state index contributed by atoms with van der Waals surface area (Å²) in [5, 5.41) is 3.26. The van der Waals surface area contributed by atoms with Crippen LogP contribution in [0.25, 0.3) is 0 Å². The van der Waals surface area contributed by atoms with Crippen LogP contribution in [0.5, 0.6) is 0 Å². The van der Waals surface area contributed by atoms with Crippen LogP contribution in [0.4, 0.5) is 10.1 Å². The number of aryl methyl sites for hydroxylation is 1. The van der Waals surface area contributed by atoms with Crippen molar-refractivity contribution in [2.24, 2.45) is 5.92 Å². The molecule has 2 unspecified atom stereocenters. The van der Waals surface area contributed by atoms with E-state index in [0.29, 0.717) is 18.7 Å². The molecule has 2 atom stereocenters. The minimum absolute atomic E-state index is 0.0618. The number of ether oxygens (including phenoxy) is 1. The first-order valence-electron chi connectivity index (χ1n) is 7.30. The Kier molecular flexibility index (Phi) is 4.99. The van der Waals surface area contributed by atoms with E-state index in [1.807, 2.05) is 19.9 Å². The van der Waals surface area contributed by atoms with Crippen LogP contribution in [-0.2, 0) is 9.53 Å². The van der Waals surface area contributed by atoms with E-state index in [1.54, 1.807) is 6.07 Å². The molecule has 0 bridgehead atoms. The van der Waals surface area contributed by atoms with Crippen molar-refractivity contribution in [1.82, 2.24) is 0 Å². The Labute approximate surface area is 119 Å². The Bertz CT molecular complexity index is 455. The molecular weight excluding hydrogens is 257 g/mol. The minimum atomic E-state index is -0.233. The zero-order valence-corrected chi connectivity index (χ0v) is 12.1. The van der Waals surface area contributed by atoms with Gasteiger partial charge in [-0.15, -0.1) is 0 Å². The highest BCUT2D eigenvalue weighted by Crippen LogP contribution is 2.29. The first-order valence-corrected chi connectivity index (χ1v) is 7.30. The summed E-state index contributed by atoms with van der Waals surface area (Å²) in [5.74, 6) is -0.416. The van der Waals surface area contributed by atoms with E-state index in [9.17, 15) is 9.18 Å². The van der Waals surface area contributed by atoms with Gasteiger partial charge in [0.05, 0.1) is 18.2 Å². The molecule has 3 nitrogen and oxygen atoms in total. The van der Waals surface area contributed by atoms with Gasteiger partial charge < -0.3 is 10.1 Å². The number of rotatable bonds is 4. The lowest BCUT2D eigenvalue weighted by Crippen LogP contribution is -2.32. The molecule has 4 heteroatoms. The van der Waals surface area contributed by atoms with Gasteiger partial charge in [0.15, 0.2) is 0 Å². The van der Waals surface area contributed by atoms with E-state index in [4.69, 9.17) is 4.74 Å². The molecule has 0 radical (unpaired) electrons. The van der Waals surface area contributed by atoms with Gasteiger partial charge in [-0.25, -0.2) is 4.39 Å². The molecule has 1 aromatic carbocycles. The van der Waals surface area contributed by atoms with Gasteiger partial charge in [-0.1, -0.05) is 18.6 Å². The highest BCUT2D eigenvalue weighted by molar-refractivity contribution is 5.72. The minimum Gasteiger partial charge on any atom is -0.466 e. The van der Waals surface area contributed by atoms with Crippen molar-refractivity contribution in [3.05, 3.63) is 29.6 Å². The fourth-order valence-corrected chi connectivity index (χ4v) is 2.81. The molecule has 1 saturated carbocycles. The van der Waals surface area contributed by atoms with E-state index in [2.05, 4.69) is 5.32 Å². The Hall–Kier alpha value is -1.58. The van der Waals surface area contributed by atoms with Crippen molar-refractivity contribution in [2.75, 3.05) is 11.9 Å². The molecule has 1 aromatic rings. The standard InChI is InChI=1S/C16H22FNO2/c1-3-20-16(19)12-7-5-8-13(10-12)18-15-11(2)6-4-9-14(15)17/h4,6,9,12-13,18H,3,5,7-8,10H2,1-2H3. The normalized spacial score (nSPS) is 22.4. The van der Waals surface area contributed by atoms with Gasteiger partial charge in [0, 0.05) is 6.04 Å². The third-order valence-electron chi connectivity index (χ3n) is 3.86. The molecule has 1 aliphatic rings. The second-order valence-corrected chi connectivity index (χ2v) is 5.39. The van der Waals surface area contributed by atoms with Gasteiger partial charge in [0.25, 0.3) is 0 Å². The lowest BCUT2D eigenvalue weighted by atomic mass is 9.85. The first-order chi connectivity index (χ1) is 9.61. The van der Waals surface area contributed by atoms with E-state index >= 15 is 0 Å². The van der Waals surface area contributed by atoms with E-state index in [-0.39, 0.29) is 23.7 Å². The zero-order valence-electron chi connectivity index (χ0n) is 12.1. The summed E-state index contributed by atoms with van der Waals surface area (Å²) in [7, 11) is 0. The van der Waals surface area contributed by atoms with Gasteiger partial charge in [0.2, 0.25) is 0 Å². The second-order valence-electron chi connectivity index (χ2n) is 5.39. The van der Waals surface area contributed by atoms with Crippen LogP contribution >= 0.6 is 0 Å². The molecule has 2 rings (SSSR count). The van der Waals surface area contributed by atoms with Crippen LogP contribution in [0.15, 0.2) is 18.2 Å². The van der Waals surface area contributed by atoms with Gasteiger partial charge in [-0.2, -0.15) is 0 Å². The number of hydrogen-bond donors (Lipinski definition) is 1. The van der Waals surface area contributed by atoms with Crippen molar-refractivity contribution in [2.45, 2.75) is 45.6 Å². The SMILES string of the molecule is CCOC(=O)C1CCCC(Nc2c(C)cccc2F)C1. The molecular formula is C16H22FNO2. The summed E-state index contributed by atoms with van der Waals surface area (Å²) in [6.45, 7) is 4.12. The maximum absolute atomic E-state index is 13.8. The van der Waals surface area contributed by atoms with Crippen molar-refractivity contribution >= 4 is 11.7 Å². The lowest BCUT2D eigenvalue weighted by molar-refractivity contribution is -0.149. The van der Waals surface area contributed by atoms with Crippen LogP contribution in [0.2, 0.25) is 0 Å². The molecule has 0 spiro atoms. The van der Waals surface area contributed by atoms with Gasteiger partial charge in [-0.05, 0) is 44.7 Å². The molecule has 110 valence electrons. The predicted octanol–water partition coefficient (Wildman–Crippen LogP) is 3.67. The molecule has 1 fully saturated rings. The van der Waals surface area contributed by atoms with Crippen molar-refractivity contribution < 1.29 is 13.9 Å². The number of halogens is 1. The first kappa shape index (κ1) is 14.8. The smallest absolute Gasteiger partial charge is 0.308 e. The van der Waals surface area contributed by atoms with Crippen LogP contribution in [0.1, 0.15) is 38.2 Å².